The smallest absolute Gasteiger partial charge is 0.346 e. The maximum absolute atomic E-state index is 11.5. The number of hydrogen-bond acceptors (Lipinski definition) is 6. The number of carboxylic acids is 1. The molecule has 0 bridgehead atoms. The van der Waals surface area contributed by atoms with Crippen LogP contribution in [0.15, 0.2) is 23.8 Å². The van der Waals surface area contributed by atoms with Crippen LogP contribution in [0.2, 0.25) is 0 Å². The van der Waals surface area contributed by atoms with Crippen LogP contribution in [-0.2, 0) is 19.1 Å². The molecule has 0 radical (unpaired) electrons. The molecule has 7 nitrogen and oxygen atoms in total. The van der Waals surface area contributed by atoms with Crippen LogP contribution < -0.4 is 4.74 Å². The number of carboxylic acid groups (broad SMARTS) is 1. The molecule has 0 aliphatic rings. The number of phenolic OH excluding ortho intramolecular Hbond substituents is 1. The Bertz CT molecular complexity index is 560. The lowest BCUT2D eigenvalue weighted by molar-refractivity contribution is -0.145. The minimum Gasteiger partial charge on any atom is -0.504 e. The highest BCUT2D eigenvalue weighted by Gasteiger charge is 2.19. The van der Waals surface area contributed by atoms with Crippen LogP contribution in [0.4, 0.5) is 0 Å². The SMILES string of the molecule is COc1cc(C=C(C(=O)O)C(=O)OCC=O)ccc1O. The number of aliphatic carboxylic acids is 1. The van der Waals surface area contributed by atoms with Gasteiger partial charge in [-0.3, -0.25) is 4.79 Å². The van der Waals surface area contributed by atoms with Gasteiger partial charge in [0.1, 0.15) is 12.2 Å². The molecule has 0 unspecified atom stereocenters. The van der Waals surface area contributed by atoms with Crippen LogP contribution in [0.25, 0.3) is 6.08 Å². The van der Waals surface area contributed by atoms with Crippen molar-refractivity contribution < 1.29 is 34.1 Å². The van der Waals surface area contributed by atoms with E-state index >= 15 is 0 Å². The van der Waals surface area contributed by atoms with Gasteiger partial charge in [-0.2, -0.15) is 0 Å². The molecule has 0 aromatic heterocycles. The Morgan fingerprint density at radius 2 is 2.05 bits per heavy atom. The second-order valence-electron chi connectivity index (χ2n) is 3.56. The van der Waals surface area contributed by atoms with Crippen molar-refractivity contribution >= 4 is 24.3 Å². The Morgan fingerprint density at radius 3 is 2.60 bits per heavy atom. The van der Waals surface area contributed by atoms with E-state index in [-0.39, 0.29) is 11.5 Å². The molecular formula is C13H12O7. The monoisotopic (exact) mass is 280 g/mol. The zero-order valence-electron chi connectivity index (χ0n) is 10.5. The highest BCUT2D eigenvalue weighted by molar-refractivity contribution is 6.17. The second kappa shape index (κ2) is 6.93. The van der Waals surface area contributed by atoms with E-state index in [0.717, 1.165) is 6.08 Å². The van der Waals surface area contributed by atoms with Crippen molar-refractivity contribution in [3.63, 3.8) is 0 Å². The van der Waals surface area contributed by atoms with Gasteiger partial charge in [-0.05, 0) is 23.8 Å². The number of methoxy groups -OCH3 is 1. The molecule has 20 heavy (non-hydrogen) atoms. The van der Waals surface area contributed by atoms with E-state index in [2.05, 4.69) is 4.74 Å². The fourth-order valence-electron chi connectivity index (χ4n) is 1.35. The highest BCUT2D eigenvalue weighted by atomic mass is 16.5. The van der Waals surface area contributed by atoms with Gasteiger partial charge in [0.25, 0.3) is 0 Å². The fourth-order valence-corrected chi connectivity index (χ4v) is 1.35. The summed E-state index contributed by atoms with van der Waals surface area (Å²) in [6.07, 6.45) is 1.39. The largest absolute Gasteiger partial charge is 0.504 e. The number of hydrogen-bond donors (Lipinski definition) is 2. The standard InChI is InChI=1S/C13H12O7/c1-19-11-7-8(2-3-10(11)15)6-9(12(16)17)13(18)20-5-4-14/h2-4,6-7,15H,5H2,1H3,(H,16,17). The molecule has 0 aliphatic carbocycles. The first-order valence-corrected chi connectivity index (χ1v) is 5.42. The van der Waals surface area contributed by atoms with Crippen molar-refractivity contribution in [2.45, 2.75) is 0 Å². The molecule has 1 aromatic carbocycles. The van der Waals surface area contributed by atoms with Crippen molar-refractivity contribution in [3.8, 4) is 11.5 Å². The van der Waals surface area contributed by atoms with Gasteiger partial charge in [0.2, 0.25) is 0 Å². The van der Waals surface area contributed by atoms with Crippen molar-refractivity contribution in [3.05, 3.63) is 29.3 Å². The fraction of sp³-hybridized carbons (Fsp3) is 0.154. The molecular weight excluding hydrogens is 268 g/mol. The molecule has 1 aromatic rings. The molecule has 7 heteroatoms. The topological polar surface area (TPSA) is 110 Å². The lowest BCUT2D eigenvalue weighted by Crippen LogP contribution is -2.16. The average molecular weight is 280 g/mol. The number of ether oxygens (including phenoxy) is 2. The van der Waals surface area contributed by atoms with Gasteiger partial charge in [0, 0.05) is 0 Å². The lowest BCUT2D eigenvalue weighted by Gasteiger charge is -2.05. The summed E-state index contributed by atoms with van der Waals surface area (Å²) in [6, 6.07) is 4.04. The van der Waals surface area contributed by atoms with Gasteiger partial charge < -0.3 is 19.7 Å². The van der Waals surface area contributed by atoms with Gasteiger partial charge in [-0.25, -0.2) is 9.59 Å². The van der Waals surface area contributed by atoms with Gasteiger partial charge >= 0.3 is 11.9 Å². The number of aromatic hydroxyl groups is 1. The van der Waals surface area contributed by atoms with Crippen LogP contribution in [0, 0.1) is 0 Å². The van der Waals surface area contributed by atoms with Gasteiger partial charge in [-0.15, -0.1) is 0 Å². The van der Waals surface area contributed by atoms with E-state index in [4.69, 9.17) is 9.84 Å². The molecule has 0 heterocycles. The molecule has 0 saturated carbocycles. The van der Waals surface area contributed by atoms with E-state index in [0.29, 0.717) is 11.8 Å². The van der Waals surface area contributed by atoms with Gasteiger partial charge in [0.05, 0.1) is 7.11 Å². The lowest BCUT2D eigenvalue weighted by atomic mass is 10.1. The Morgan fingerprint density at radius 1 is 1.35 bits per heavy atom. The Hall–Kier alpha value is -2.83. The van der Waals surface area contributed by atoms with Crippen molar-refractivity contribution in [2.75, 3.05) is 13.7 Å². The third-order valence-corrected chi connectivity index (χ3v) is 2.25. The summed E-state index contributed by atoms with van der Waals surface area (Å²) in [5, 5.41) is 18.4. The predicted molar refractivity (Wildman–Crippen MR) is 67.3 cm³/mol. The molecule has 0 aliphatic heterocycles. The Balaban J connectivity index is 3.11. The summed E-state index contributed by atoms with van der Waals surface area (Å²) < 4.78 is 9.29. The quantitative estimate of drug-likeness (QED) is 0.258. The number of rotatable bonds is 6. The first-order chi connectivity index (χ1) is 9.49. The first-order valence-electron chi connectivity index (χ1n) is 5.42. The molecule has 0 atom stereocenters. The van der Waals surface area contributed by atoms with Crippen LogP contribution in [-0.4, -0.2) is 42.2 Å². The van der Waals surface area contributed by atoms with E-state index < -0.39 is 24.1 Å². The first kappa shape index (κ1) is 15.2. The van der Waals surface area contributed by atoms with E-state index in [1.165, 1.54) is 25.3 Å². The van der Waals surface area contributed by atoms with Crippen molar-refractivity contribution in [1.29, 1.82) is 0 Å². The summed E-state index contributed by atoms with van der Waals surface area (Å²) in [5.74, 6) is -2.61. The number of carbonyl (C=O) groups is 3. The number of phenols is 1. The second-order valence-corrected chi connectivity index (χ2v) is 3.56. The third kappa shape index (κ3) is 3.84. The molecule has 0 amide bonds. The average Bonchev–Trinajstić information content (AvgIpc) is 2.43. The number of esters is 1. The molecule has 106 valence electrons. The number of benzene rings is 1. The third-order valence-electron chi connectivity index (χ3n) is 2.25. The van der Waals surface area contributed by atoms with Crippen molar-refractivity contribution in [1.82, 2.24) is 0 Å². The van der Waals surface area contributed by atoms with E-state index in [9.17, 15) is 19.5 Å². The molecule has 2 N–H and O–H groups in total. The minimum atomic E-state index is -1.49. The van der Waals surface area contributed by atoms with Crippen molar-refractivity contribution in [2.24, 2.45) is 0 Å². The summed E-state index contributed by atoms with van der Waals surface area (Å²) in [4.78, 5) is 32.5. The highest BCUT2D eigenvalue weighted by Crippen LogP contribution is 2.27. The molecule has 0 saturated heterocycles. The summed E-state index contributed by atoms with van der Waals surface area (Å²) in [5.41, 5.74) is -0.320. The van der Waals surface area contributed by atoms with E-state index in [1.807, 2.05) is 0 Å². The maximum Gasteiger partial charge on any atom is 0.346 e. The Kier molecular flexibility index (Phi) is 5.28. The molecule has 0 fully saturated rings. The van der Waals surface area contributed by atoms with Gasteiger partial charge in [0.15, 0.2) is 17.8 Å². The summed E-state index contributed by atoms with van der Waals surface area (Å²) in [7, 11) is 1.33. The van der Waals surface area contributed by atoms with Crippen LogP contribution in [0.1, 0.15) is 5.56 Å². The normalized spacial score (nSPS) is 10.8. The number of aldehydes is 1. The van der Waals surface area contributed by atoms with E-state index in [1.54, 1.807) is 0 Å². The molecule has 1 rings (SSSR count). The van der Waals surface area contributed by atoms with Crippen LogP contribution in [0.5, 0.6) is 11.5 Å². The minimum absolute atomic E-state index is 0.120. The van der Waals surface area contributed by atoms with Crippen LogP contribution in [0.3, 0.4) is 0 Å². The Labute approximate surface area is 114 Å². The zero-order chi connectivity index (χ0) is 15.1. The van der Waals surface area contributed by atoms with Crippen LogP contribution >= 0.6 is 0 Å². The maximum atomic E-state index is 11.5. The summed E-state index contributed by atoms with van der Waals surface area (Å²) >= 11 is 0. The summed E-state index contributed by atoms with van der Waals surface area (Å²) in [6.45, 7) is -0.525. The zero-order valence-corrected chi connectivity index (χ0v) is 10.5. The van der Waals surface area contributed by atoms with Gasteiger partial charge in [-0.1, -0.05) is 6.07 Å². The number of carbonyl (C=O) groups excluding carboxylic acids is 2. The molecule has 0 spiro atoms. The predicted octanol–water partition coefficient (Wildman–Crippen LogP) is 0.611.